The smallest absolute Gasteiger partial charge is 0.255 e. The van der Waals surface area contributed by atoms with Crippen molar-refractivity contribution in [3.8, 4) is 0 Å². The summed E-state index contributed by atoms with van der Waals surface area (Å²) in [6.07, 6.45) is 0.422. The zero-order chi connectivity index (χ0) is 15.2. The van der Waals surface area contributed by atoms with E-state index in [-0.39, 0.29) is 11.8 Å². The molecule has 0 spiro atoms. The van der Waals surface area contributed by atoms with Gasteiger partial charge < -0.3 is 10.6 Å². The third-order valence-electron chi connectivity index (χ3n) is 2.83. The lowest BCUT2D eigenvalue weighted by atomic mass is 10.2. The number of halogens is 1. The molecule has 108 valence electrons. The molecule has 0 saturated carbocycles. The van der Waals surface area contributed by atoms with Crippen LogP contribution in [-0.4, -0.2) is 11.8 Å². The second-order valence-corrected chi connectivity index (χ2v) is 5.36. The molecule has 21 heavy (non-hydrogen) atoms. The van der Waals surface area contributed by atoms with E-state index < -0.39 is 0 Å². The third kappa shape index (κ3) is 4.43. The average Bonchev–Trinajstić information content (AvgIpc) is 2.47. The molecule has 0 unspecified atom stereocenters. The van der Waals surface area contributed by atoms with E-state index in [1.165, 1.54) is 0 Å². The van der Waals surface area contributed by atoms with Crippen LogP contribution in [-0.2, 0) is 4.79 Å². The Hall–Kier alpha value is -2.14. The van der Waals surface area contributed by atoms with Gasteiger partial charge in [0, 0.05) is 27.8 Å². The lowest BCUT2D eigenvalue weighted by Crippen LogP contribution is -2.12. The van der Waals surface area contributed by atoms with Crippen LogP contribution in [0, 0.1) is 0 Å². The van der Waals surface area contributed by atoms with Gasteiger partial charge in [0.05, 0.1) is 0 Å². The summed E-state index contributed by atoms with van der Waals surface area (Å²) in [6, 6.07) is 14.2. The first kappa shape index (κ1) is 15.3. The van der Waals surface area contributed by atoms with Crippen LogP contribution in [0.4, 0.5) is 11.4 Å². The fourth-order valence-electron chi connectivity index (χ4n) is 1.72. The van der Waals surface area contributed by atoms with Gasteiger partial charge in [0.25, 0.3) is 5.91 Å². The van der Waals surface area contributed by atoms with Crippen LogP contribution in [0.15, 0.2) is 53.0 Å². The number of amides is 2. The van der Waals surface area contributed by atoms with Crippen molar-refractivity contribution in [1.82, 2.24) is 0 Å². The number of carbonyl (C=O) groups is 2. The molecule has 4 nitrogen and oxygen atoms in total. The molecule has 2 amide bonds. The lowest BCUT2D eigenvalue weighted by Gasteiger charge is -2.07. The molecule has 0 atom stereocenters. The Kier molecular flexibility index (Phi) is 5.11. The number of benzene rings is 2. The van der Waals surface area contributed by atoms with Gasteiger partial charge in [-0.05, 0) is 42.5 Å². The number of hydrogen-bond donors (Lipinski definition) is 2. The Morgan fingerprint density at radius 3 is 2.33 bits per heavy atom. The monoisotopic (exact) mass is 346 g/mol. The van der Waals surface area contributed by atoms with Gasteiger partial charge in [-0.3, -0.25) is 9.59 Å². The molecule has 2 aromatic carbocycles. The Labute approximate surface area is 131 Å². The maximum atomic E-state index is 12.1. The molecule has 2 N–H and O–H groups in total. The number of carbonyl (C=O) groups excluding carboxylic acids is 2. The highest BCUT2D eigenvalue weighted by atomic mass is 79.9. The molecule has 0 aliphatic rings. The van der Waals surface area contributed by atoms with Crippen molar-refractivity contribution < 1.29 is 9.59 Å². The molecule has 2 aromatic rings. The molecule has 0 bridgehead atoms. The zero-order valence-corrected chi connectivity index (χ0v) is 13.1. The highest BCUT2D eigenvalue weighted by Crippen LogP contribution is 2.17. The highest BCUT2D eigenvalue weighted by molar-refractivity contribution is 9.10. The molecule has 0 saturated heterocycles. The normalized spacial score (nSPS) is 10.0. The van der Waals surface area contributed by atoms with Crippen LogP contribution in [0.5, 0.6) is 0 Å². The van der Waals surface area contributed by atoms with E-state index in [4.69, 9.17) is 0 Å². The van der Waals surface area contributed by atoms with Gasteiger partial charge in [0.2, 0.25) is 5.91 Å². The van der Waals surface area contributed by atoms with Crippen LogP contribution in [0.2, 0.25) is 0 Å². The number of nitrogens with one attached hydrogen (secondary N) is 2. The van der Waals surface area contributed by atoms with Crippen molar-refractivity contribution in [3.63, 3.8) is 0 Å². The summed E-state index contributed by atoms with van der Waals surface area (Å²) in [5.41, 5.74) is 1.93. The molecular weight excluding hydrogens is 332 g/mol. The third-order valence-corrected chi connectivity index (χ3v) is 3.33. The van der Waals surface area contributed by atoms with Crippen LogP contribution in [0.25, 0.3) is 0 Å². The summed E-state index contributed by atoms with van der Waals surface area (Å²) in [5.74, 6) is -0.247. The molecule has 0 heterocycles. The summed E-state index contributed by atoms with van der Waals surface area (Å²) < 4.78 is 0.901. The standard InChI is InChI=1S/C16H15BrN2O2/c1-2-15(20)18-13-8-6-11(7-9-13)16(21)19-14-5-3-4-12(17)10-14/h3-10H,2H2,1H3,(H,18,20)(H,19,21). The second-order valence-electron chi connectivity index (χ2n) is 4.44. The SMILES string of the molecule is CCC(=O)Nc1ccc(C(=O)Nc2cccc(Br)c2)cc1. The summed E-state index contributed by atoms with van der Waals surface area (Å²) in [4.78, 5) is 23.4. The summed E-state index contributed by atoms with van der Waals surface area (Å²) in [6.45, 7) is 1.79. The zero-order valence-electron chi connectivity index (χ0n) is 11.5. The highest BCUT2D eigenvalue weighted by Gasteiger charge is 2.07. The van der Waals surface area contributed by atoms with Crippen molar-refractivity contribution in [1.29, 1.82) is 0 Å². The largest absolute Gasteiger partial charge is 0.326 e. The van der Waals surface area contributed by atoms with Crippen molar-refractivity contribution in [2.24, 2.45) is 0 Å². The predicted molar refractivity (Wildman–Crippen MR) is 87.5 cm³/mol. The van der Waals surface area contributed by atoms with Gasteiger partial charge in [-0.25, -0.2) is 0 Å². The molecule has 0 aromatic heterocycles. The number of rotatable bonds is 4. The Morgan fingerprint density at radius 2 is 1.71 bits per heavy atom. The summed E-state index contributed by atoms with van der Waals surface area (Å²) in [7, 11) is 0. The van der Waals surface area contributed by atoms with E-state index in [1.54, 1.807) is 31.2 Å². The van der Waals surface area contributed by atoms with Crippen molar-refractivity contribution >= 4 is 39.1 Å². The van der Waals surface area contributed by atoms with Crippen LogP contribution in [0.1, 0.15) is 23.7 Å². The molecule has 5 heteroatoms. The number of anilines is 2. The van der Waals surface area contributed by atoms with E-state index in [0.717, 1.165) is 10.2 Å². The quantitative estimate of drug-likeness (QED) is 0.877. The van der Waals surface area contributed by atoms with Gasteiger partial charge in [-0.2, -0.15) is 0 Å². The van der Waals surface area contributed by atoms with E-state index in [2.05, 4.69) is 26.6 Å². The van der Waals surface area contributed by atoms with E-state index >= 15 is 0 Å². The molecule has 2 rings (SSSR count). The topological polar surface area (TPSA) is 58.2 Å². The molecular formula is C16H15BrN2O2. The van der Waals surface area contributed by atoms with Gasteiger partial charge in [0.15, 0.2) is 0 Å². The Morgan fingerprint density at radius 1 is 1.00 bits per heavy atom. The first-order valence-corrected chi connectivity index (χ1v) is 7.34. The van der Waals surface area contributed by atoms with Crippen LogP contribution in [0.3, 0.4) is 0 Å². The van der Waals surface area contributed by atoms with Gasteiger partial charge >= 0.3 is 0 Å². The molecule has 0 fully saturated rings. The van der Waals surface area contributed by atoms with Crippen LogP contribution < -0.4 is 10.6 Å². The minimum Gasteiger partial charge on any atom is -0.326 e. The van der Waals surface area contributed by atoms with E-state index in [1.807, 2.05) is 24.3 Å². The maximum Gasteiger partial charge on any atom is 0.255 e. The molecule has 0 aliphatic carbocycles. The van der Waals surface area contributed by atoms with Crippen molar-refractivity contribution in [2.45, 2.75) is 13.3 Å². The summed E-state index contributed by atoms with van der Waals surface area (Å²) in [5, 5.41) is 5.55. The average molecular weight is 347 g/mol. The van der Waals surface area contributed by atoms with Crippen LogP contribution >= 0.6 is 15.9 Å². The first-order chi connectivity index (χ1) is 10.1. The predicted octanol–water partition coefficient (Wildman–Crippen LogP) is 4.05. The molecule has 0 radical (unpaired) electrons. The first-order valence-electron chi connectivity index (χ1n) is 6.55. The lowest BCUT2D eigenvalue weighted by molar-refractivity contribution is -0.115. The second kappa shape index (κ2) is 7.04. The van der Waals surface area contributed by atoms with E-state index in [9.17, 15) is 9.59 Å². The minimum absolute atomic E-state index is 0.0543. The fraction of sp³-hybridized carbons (Fsp3) is 0.125. The van der Waals surface area contributed by atoms with Crippen molar-refractivity contribution in [2.75, 3.05) is 10.6 Å². The van der Waals surface area contributed by atoms with Gasteiger partial charge in [0.1, 0.15) is 0 Å². The van der Waals surface area contributed by atoms with Gasteiger partial charge in [-0.15, -0.1) is 0 Å². The summed E-state index contributed by atoms with van der Waals surface area (Å²) >= 11 is 3.36. The Bertz CT molecular complexity index is 654. The molecule has 0 aliphatic heterocycles. The number of hydrogen-bond acceptors (Lipinski definition) is 2. The van der Waals surface area contributed by atoms with E-state index in [0.29, 0.717) is 17.7 Å². The Balaban J connectivity index is 2.04. The van der Waals surface area contributed by atoms with Gasteiger partial charge in [-0.1, -0.05) is 28.9 Å². The van der Waals surface area contributed by atoms with Crippen molar-refractivity contribution in [3.05, 3.63) is 58.6 Å². The minimum atomic E-state index is -0.193. The maximum absolute atomic E-state index is 12.1. The fourth-order valence-corrected chi connectivity index (χ4v) is 2.12.